The van der Waals surface area contributed by atoms with E-state index in [1.165, 1.54) is 0 Å². The lowest BCUT2D eigenvalue weighted by molar-refractivity contribution is -0.132. The fraction of sp³-hybridized carbons (Fsp3) is 0.467. The molecular formula is C15H20N2O2S. The van der Waals surface area contributed by atoms with Crippen molar-refractivity contribution in [1.82, 2.24) is 9.88 Å². The molecule has 0 aliphatic rings. The monoisotopic (exact) mass is 292 g/mol. The number of rotatable bonds is 7. The van der Waals surface area contributed by atoms with Crippen LogP contribution < -0.4 is 0 Å². The number of amides is 1. The van der Waals surface area contributed by atoms with Gasteiger partial charge in [0.25, 0.3) is 0 Å². The van der Waals surface area contributed by atoms with Crippen molar-refractivity contribution in [1.29, 1.82) is 0 Å². The predicted octanol–water partition coefficient (Wildman–Crippen LogP) is 3.35. The van der Waals surface area contributed by atoms with E-state index in [1.807, 2.05) is 27.9 Å². The highest BCUT2D eigenvalue weighted by Gasteiger charge is 2.16. The standard InChI is InChI=1S/C15H20N2O2S/c1-12(2)8-15(18)17(9-14-4-3-7-19-14)6-5-13-10-20-11-16-13/h3-4,7,10-12H,5-6,8-9H2,1-2H3. The molecule has 0 atom stereocenters. The van der Waals surface area contributed by atoms with Crippen LogP contribution in [0.5, 0.6) is 0 Å². The first-order valence-electron chi connectivity index (χ1n) is 6.82. The third-order valence-corrected chi connectivity index (χ3v) is 3.62. The molecule has 0 radical (unpaired) electrons. The van der Waals surface area contributed by atoms with Gasteiger partial charge in [-0.25, -0.2) is 4.98 Å². The van der Waals surface area contributed by atoms with Gasteiger partial charge in [0.1, 0.15) is 5.76 Å². The summed E-state index contributed by atoms with van der Waals surface area (Å²) >= 11 is 1.58. The Hall–Kier alpha value is -1.62. The molecule has 0 bridgehead atoms. The molecule has 0 spiro atoms. The SMILES string of the molecule is CC(C)CC(=O)N(CCc1cscn1)Cc1ccco1. The Bertz CT molecular complexity index is 506. The highest BCUT2D eigenvalue weighted by atomic mass is 32.1. The van der Waals surface area contributed by atoms with E-state index in [2.05, 4.69) is 18.8 Å². The average Bonchev–Trinajstić information content (AvgIpc) is 3.06. The first-order chi connectivity index (χ1) is 9.65. The van der Waals surface area contributed by atoms with E-state index in [-0.39, 0.29) is 5.91 Å². The Morgan fingerprint density at radius 3 is 2.95 bits per heavy atom. The number of furan rings is 1. The van der Waals surface area contributed by atoms with Crippen molar-refractivity contribution in [3.05, 3.63) is 40.7 Å². The highest BCUT2D eigenvalue weighted by molar-refractivity contribution is 7.07. The molecular weight excluding hydrogens is 272 g/mol. The Morgan fingerprint density at radius 2 is 2.35 bits per heavy atom. The van der Waals surface area contributed by atoms with E-state index in [9.17, 15) is 4.79 Å². The summed E-state index contributed by atoms with van der Waals surface area (Å²) in [6, 6.07) is 3.75. The molecule has 0 saturated carbocycles. The van der Waals surface area contributed by atoms with Crippen molar-refractivity contribution in [3.63, 3.8) is 0 Å². The first-order valence-corrected chi connectivity index (χ1v) is 7.76. The zero-order chi connectivity index (χ0) is 14.4. The Labute approximate surface area is 123 Å². The molecule has 4 nitrogen and oxygen atoms in total. The summed E-state index contributed by atoms with van der Waals surface area (Å²) in [5.74, 6) is 1.35. The minimum Gasteiger partial charge on any atom is -0.467 e. The van der Waals surface area contributed by atoms with Crippen LogP contribution in [-0.2, 0) is 17.8 Å². The van der Waals surface area contributed by atoms with Gasteiger partial charge in [-0.3, -0.25) is 4.79 Å². The molecule has 2 aromatic heterocycles. The normalized spacial score (nSPS) is 10.9. The number of hydrogen-bond acceptors (Lipinski definition) is 4. The lowest BCUT2D eigenvalue weighted by Crippen LogP contribution is -2.33. The third kappa shape index (κ3) is 4.49. The second-order valence-corrected chi connectivity index (χ2v) is 5.94. The fourth-order valence-corrected chi connectivity index (χ4v) is 2.56. The summed E-state index contributed by atoms with van der Waals surface area (Å²) in [7, 11) is 0. The molecule has 0 aromatic carbocycles. The van der Waals surface area contributed by atoms with Crippen LogP contribution in [0.1, 0.15) is 31.7 Å². The van der Waals surface area contributed by atoms with Gasteiger partial charge in [0, 0.05) is 24.8 Å². The average molecular weight is 292 g/mol. The van der Waals surface area contributed by atoms with Crippen LogP contribution in [0.15, 0.2) is 33.7 Å². The maximum absolute atomic E-state index is 12.3. The van der Waals surface area contributed by atoms with Crippen molar-refractivity contribution in [2.45, 2.75) is 33.2 Å². The molecule has 1 amide bonds. The van der Waals surface area contributed by atoms with E-state index in [1.54, 1.807) is 17.6 Å². The summed E-state index contributed by atoms with van der Waals surface area (Å²) in [5, 5.41) is 2.03. The molecule has 20 heavy (non-hydrogen) atoms. The van der Waals surface area contributed by atoms with Crippen molar-refractivity contribution >= 4 is 17.2 Å². The number of thiazole rings is 1. The first kappa shape index (κ1) is 14.8. The molecule has 0 N–H and O–H groups in total. The van der Waals surface area contributed by atoms with E-state index in [0.29, 0.717) is 25.4 Å². The van der Waals surface area contributed by atoms with Gasteiger partial charge in [-0.05, 0) is 18.1 Å². The summed E-state index contributed by atoms with van der Waals surface area (Å²) in [6.45, 7) is 5.32. The van der Waals surface area contributed by atoms with Gasteiger partial charge in [0.2, 0.25) is 5.91 Å². The van der Waals surface area contributed by atoms with Crippen LogP contribution in [0, 0.1) is 5.92 Å². The lowest BCUT2D eigenvalue weighted by Gasteiger charge is -2.22. The van der Waals surface area contributed by atoms with E-state index >= 15 is 0 Å². The largest absolute Gasteiger partial charge is 0.467 e. The van der Waals surface area contributed by atoms with Crippen molar-refractivity contribution in [2.75, 3.05) is 6.54 Å². The minimum absolute atomic E-state index is 0.173. The van der Waals surface area contributed by atoms with Gasteiger partial charge >= 0.3 is 0 Å². The fourth-order valence-electron chi connectivity index (χ4n) is 1.97. The van der Waals surface area contributed by atoms with Crippen molar-refractivity contribution in [2.24, 2.45) is 5.92 Å². The van der Waals surface area contributed by atoms with Gasteiger partial charge in [-0.1, -0.05) is 13.8 Å². The number of carbonyl (C=O) groups is 1. The van der Waals surface area contributed by atoms with Crippen LogP contribution in [0.3, 0.4) is 0 Å². The summed E-state index contributed by atoms with van der Waals surface area (Å²) in [4.78, 5) is 18.4. The van der Waals surface area contributed by atoms with E-state index < -0.39 is 0 Å². The number of aromatic nitrogens is 1. The molecule has 2 aromatic rings. The van der Waals surface area contributed by atoms with Crippen LogP contribution in [0.2, 0.25) is 0 Å². The zero-order valence-electron chi connectivity index (χ0n) is 11.9. The molecule has 0 saturated heterocycles. The smallest absolute Gasteiger partial charge is 0.223 e. The lowest BCUT2D eigenvalue weighted by atomic mass is 10.1. The number of carbonyl (C=O) groups excluding carboxylic acids is 1. The van der Waals surface area contributed by atoms with Gasteiger partial charge < -0.3 is 9.32 Å². The van der Waals surface area contributed by atoms with Crippen LogP contribution >= 0.6 is 11.3 Å². The number of hydrogen-bond donors (Lipinski definition) is 0. The quantitative estimate of drug-likeness (QED) is 0.786. The number of nitrogens with zero attached hydrogens (tertiary/aromatic N) is 2. The zero-order valence-corrected chi connectivity index (χ0v) is 12.7. The maximum atomic E-state index is 12.3. The Kier molecular flexibility index (Phi) is 5.35. The summed E-state index contributed by atoms with van der Waals surface area (Å²) < 4.78 is 5.35. The van der Waals surface area contributed by atoms with Gasteiger partial charge in [-0.2, -0.15) is 0 Å². The van der Waals surface area contributed by atoms with Crippen molar-refractivity contribution < 1.29 is 9.21 Å². The summed E-state index contributed by atoms with van der Waals surface area (Å²) in [5.41, 5.74) is 2.86. The predicted molar refractivity (Wildman–Crippen MR) is 79.4 cm³/mol. The van der Waals surface area contributed by atoms with Gasteiger partial charge in [0.05, 0.1) is 24.0 Å². The second-order valence-electron chi connectivity index (χ2n) is 5.22. The van der Waals surface area contributed by atoms with Gasteiger partial charge in [0.15, 0.2) is 0 Å². The molecule has 0 unspecified atom stereocenters. The van der Waals surface area contributed by atoms with Crippen LogP contribution in [0.25, 0.3) is 0 Å². The third-order valence-electron chi connectivity index (χ3n) is 2.98. The van der Waals surface area contributed by atoms with E-state index in [0.717, 1.165) is 17.9 Å². The highest BCUT2D eigenvalue weighted by Crippen LogP contribution is 2.12. The van der Waals surface area contributed by atoms with Crippen molar-refractivity contribution in [3.8, 4) is 0 Å². The Morgan fingerprint density at radius 1 is 1.50 bits per heavy atom. The molecule has 2 heterocycles. The second kappa shape index (κ2) is 7.24. The van der Waals surface area contributed by atoms with Crippen LogP contribution in [0.4, 0.5) is 0 Å². The van der Waals surface area contributed by atoms with Gasteiger partial charge in [-0.15, -0.1) is 11.3 Å². The topological polar surface area (TPSA) is 46.3 Å². The molecule has 2 rings (SSSR count). The Balaban J connectivity index is 1.97. The molecule has 0 aliphatic heterocycles. The minimum atomic E-state index is 0.173. The van der Waals surface area contributed by atoms with E-state index in [4.69, 9.17) is 4.42 Å². The maximum Gasteiger partial charge on any atom is 0.223 e. The molecule has 0 fully saturated rings. The molecule has 108 valence electrons. The summed E-state index contributed by atoms with van der Waals surface area (Å²) in [6.07, 6.45) is 2.99. The van der Waals surface area contributed by atoms with Crippen LogP contribution in [-0.4, -0.2) is 22.3 Å². The molecule has 0 aliphatic carbocycles. The molecule has 5 heteroatoms.